The van der Waals surface area contributed by atoms with Crippen LogP contribution in [0.2, 0.25) is 0 Å². The van der Waals surface area contributed by atoms with Gasteiger partial charge in [0.05, 0.1) is 6.54 Å². The maximum atomic E-state index is 11.7. The van der Waals surface area contributed by atoms with Gasteiger partial charge in [0.2, 0.25) is 11.8 Å². The van der Waals surface area contributed by atoms with Crippen LogP contribution in [-0.2, 0) is 9.59 Å². The Morgan fingerprint density at radius 3 is 2.53 bits per heavy atom. The van der Waals surface area contributed by atoms with E-state index >= 15 is 0 Å². The number of nitrogens with one attached hydrogen (secondary N) is 2. The molecule has 0 aromatic carbocycles. The monoisotopic (exact) mass is 241 g/mol. The van der Waals surface area contributed by atoms with E-state index in [1.165, 1.54) is 4.90 Å². The van der Waals surface area contributed by atoms with E-state index in [-0.39, 0.29) is 18.4 Å². The summed E-state index contributed by atoms with van der Waals surface area (Å²) in [5.41, 5.74) is 0. The molecule has 0 aromatic rings. The van der Waals surface area contributed by atoms with Crippen LogP contribution in [0.3, 0.4) is 0 Å². The second-order valence-corrected chi connectivity index (χ2v) is 4.95. The van der Waals surface area contributed by atoms with Crippen molar-refractivity contribution in [1.29, 1.82) is 0 Å². The summed E-state index contributed by atoms with van der Waals surface area (Å²) in [6.07, 6.45) is 2.58. The Morgan fingerprint density at radius 2 is 2.00 bits per heavy atom. The molecule has 1 aliphatic carbocycles. The molecule has 2 amide bonds. The molecule has 0 saturated heterocycles. The highest BCUT2D eigenvalue weighted by atomic mass is 16.2. The van der Waals surface area contributed by atoms with Gasteiger partial charge in [-0.05, 0) is 12.8 Å². The fourth-order valence-corrected chi connectivity index (χ4v) is 1.46. The summed E-state index contributed by atoms with van der Waals surface area (Å²) in [5.74, 6) is -0.0516. The number of likely N-dealkylation sites (N-methyl/N-ethyl adjacent to an activating group) is 1. The molecule has 2 N–H and O–H groups in total. The van der Waals surface area contributed by atoms with E-state index in [4.69, 9.17) is 0 Å². The molecule has 1 aliphatic rings. The van der Waals surface area contributed by atoms with Crippen molar-refractivity contribution in [2.45, 2.75) is 45.2 Å². The van der Waals surface area contributed by atoms with Gasteiger partial charge in [0.1, 0.15) is 0 Å². The first-order chi connectivity index (χ1) is 7.99. The van der Waals surface area contributed by atoms with Gasteiger partial charge in [-0.25, -0.2) is 0 Å². The number of carbonyl (C=O) groups is 2. The predicted molar refractivity (Wildman–Crippen MR) is 66.6 cm³/mol. The molecule has 5 nitrogen and oxygen atoms in total. The molecule has 1 saturated carbocycles. The van der Waals surface area contributed by atoms with E-state index in [2.05, 4.69) is 10.6 Å². The largest absolute Gasteiger partial charge is 0.352 e. The van der Waals surface area contributed by atoms with Gasteiger partial charge in [0.15, 0.2) is 0 Å². The minimum absolute atomic E-state index is 0.00379. The van der Waals surface area contributed by atoms with Crippen LogP contribution in [0, 0.1) is 0 Å². The van der Waals surface area contributed by atoms with Gasteiger partial charge in [-0.15, -0.1) is 0 Å². The molecule has 1 rings (SSSR count). The zero-order chi connectivity index (χ0) is 12.8. The second-order valence-electron chi connectivity index (χ2n) is 4.95. The molecule has 17 heavy (non-hydrogen) atoms. The lowest BCUT2D eigenvalue weighted by Crippen LogP contribution is -2.40. The zero-order valence-corrected chi connectivity index (χ0v) is 11.0. The average molecular weight is 241 g/mol. The minimum atomic E-state index is -0.0554. The molecule has 98 valence electrons. The van der Waals surface area contributed by atoms with Crippen LogP contribution < -0.4 is 10.6 Å². The lowest BCUT2D eigenvalue weighted by molar-refractivity contribution is -0.134. The fraction of sp³-hybridized carbons (Fsp3) is 0.833. The van der Waals surface area contributed by atoms with E-state index in [0.29, 0.717) is 25.0 Å². The molecule has 5 heteroatoms. The first-order valence-corrected chi connectivity index (χ1v) is 6.25. The van der Waals surface area contributed by atoms with Crippen LogP contribution in [0.4, 0.5) is 0 Å². The van der Waals surface area contributed by atoms with E-state index in [1.807, 2.05) is 13.8 Å². The number of amides is 2. The Balaban J connectivity index is 2.14. The zero-order valence-electron chi connectivity index (χ0n) is 11.0. The Bertz CT molecular complexity index is 275. The van der Waals surface area contributed by atoms with Crippen molar-refractivity contribution in [3.63, 3.8) is 0 Å². The highest BCUT2D eigenvalue weighted by Gasteiger charge is 2.24. The molecule has 0 aliphatic heterocycles. The molecule has 0 unspecified atom stereocenters. The van der Waals surface area contributed by atoms with E-state index < -0.39 is 0 Å². The summed E-state index contributed by atoms with van der Waals surface area (Å²) in [5, 5.41) is 6.04. The predicted octanol–water partition coefficient (Wildman–Crippen LogP) is 0.112. The normalized spacial score (nSPS) is 14.8. The second kappa shape index (κ2) is 6.59. The van der Waals surface area contributed by atoms with Gasteiger partial charge in [-0.1, -0.05) is 13.8 Å². The van der Waals surface area contributed by atoms with Gasteiger partial charge in [0, 0.05) is 32.1 Å². The lowest BCUT2D eigenvalue weighted by Gasteiger charge is -2.17. The Hall–Kier alpha value is -1.10. The van der Waals surface area contributed by atoms with Crippen molar-refractivity contribution in [3.05, 3.63) is 0 Å². The van der Waals surface area contributed by atoms with E-state index in [0.717, 1.165) is 12.8 Å². The van der Waals surface area contributed by atoms with E-state index in [9.17, 15) is 9.59 Å². The molecule has 0 radical (unpaired) electrons. The summed E-state index contributed by atoms with van der Waals surface area (Å²) < 4.78 is 0. The SMILES string of the molecule is CC(C)NCCC(=O)N(C)CC(=O)NC1CC1. The number of hydrogen-bond acceptors (Lipinski definition) is 3. The third-order valence-electron chi connectivity index (χ3n) is 2.64. The number of carbonyl (C=O) groups excluding carboxylic acids is 2. The third-order valence-corrected chi connectivity index (χ3v) is 2.64. The molecule has 0 heterocycles. The van der Waals surface area contributed by atoms with Gasteiger partial charge in [-0.3, -0.25) is 9.59 Å². The maximum absolute atomic E-state index is 11.7. The van der Waals surface area contributed by atoms with Crippen LogP contribution in [0.25, 0.3) is 0 Å². The highest BCUT2D eigenvalue weighted by molar-refractivity contribution is 5.84. The van der Waals surface area contributed by atoms with Crippen molar-refractivity contribution < 1.29 is 9.59 Å². The fourth-order valence-electron chi connectivity index (χ4n) is 1.46. The van der Waals surface area contributed by atoms with Crippen LogP contribution in [0.15, 0.2) is 0 Å². The number of rotatable bonds is 7. The maximum Gasteiger partial charge on any atom is 0.239 e. The van der Waals surface area contributed by atoms with Crippen molar-refractivity contribution >= 4 is 11.8 Å². The molecular weight excluding hydrogens is 218 g/mol. The van der Waals surface area contributed by atoms with Gasteiger partial charge in [-0.2, -0.15) is 0 Å². The topological polar surface area (TPSA) is 61.4 Å². The lowest BCUT2D eigenvalue weighted by atomic mass is 10.3. The van der Waals surface area contributed by atoms with Crippen molar-refractivity contribution in [3.8, 4) is 0 Å². The third kappa shape index (κ3) is 6.26. The Labute approximate surface area is 103 Å². The summed E-state index contributed by atoms with van der Waals surface area (Å²) in [7, 11) is 1.67. The van der Waals surface area contributed by atoms with Crippen molar-refractivity contribution in [1.82, 2.24) is 15.5 Å². The summed E-state index contributed by atoms with van der Waals surface area (Å²) >= 11 is 0. The minimum Gasteiger partial charge on any atom is -0.352 e. The standard InChI is InChI=1S/C12H23N3O2/c1-9(2)13-7-6-12(17)15(3)8-11(16)14-10-4-5-10/h9-10,13H,4-8H2,1-3H3,(H,14,16). The summed E-state index contributed by atoms with van der Waals surface area (Å²) in [6.45, 7) is 4.90. The Kier molecular flexibility index (Phi) is 5.41. The van der Waals surface area contributed by atoms with Crippen LogP contribution in [0.1, 0.15) is 33.1 Å². The summed E-state index contributed by atoms with van der Waals surface area (Å²) in [6, 6.07) is 0.736. The van der Waals surface area contributed by atoms with Crippen LogP contribution >= 0.6 is 0 Å². The van der Waals surface area contributed by atoms with Gasteiger partial charge < -0.3 is 15.5 Å². The first kappa shape index (κ1) is 14.0. The molecule has 0 spiro atoms. The number of nitrogens with zero attached hydrogens (tertiary/aromatic N) is 1. The van der Waals surface area contributed by atoms with Crippen LogP contribution in [-0.4, -0.2) is 48.9 Å². The Morgan fingerprint density at radius 1 is 1.35 bits per heavy atom. The van der Waals surface area contributed by atoms with Gasteiger partial charge in [0.25, 0.3) is 0 Å². The first-order valence-electron chi connectivity index (χ1n) is 6.25. The van der Waals surface area contributed by atoms with E-state index in [1.54, 1.807) is 7.05 Å². The van der Waals surface area contributed by atoms with Crippen molar-refractivity contribution in [2.24, 2.45) is 0 Å². The number of hydrogen-bond donors (Lipinski definition) is 2. The van der Waals surface area contributed by atoms with Crippen LogP contribution in [0.5, 0.6) is 0 Å². The quantitative estimate of drug-likeness (QED) is 0.665. The smallest absolute Gasteiger partial charge is 0.239 e. The molecule has 0 atom stereocenters. The summed E-state index contributed by atoms with van der Waals surface area (Å²) in [4.78, 5) is 24.6. The molecule has 1 fully saturated rings. The highest BCUT2D eigenvalue weighted by Crippen LogP contribution is 2.18. The van der Waals surface area contributed by atoms with Gasteiger partial charge >= 0.3 is 0 Å². The molecule has 0 bridgehead atoms. The average Bonchev–Trinajstić information content (AvgIpc) is 3.00. The molecule has 0 aromatic heterocycles. The van der Waals surface area contributed by atoms with Crippen molar-refractivity contribution in [2.75, 3.05) is 20.1 Å². The molecular formula is C12H23N3O2.